The van der Waals surface area contributed by atoms with E-state index in [-0.39, 0.29) is 17.9 Å². The quantitative estimate of drug-likeness (QED) is 0.475. The Bertz CT molecular complexity index is 1280. The maximum atomic E-state index is 9.77. The third kappa shape index (κ3) is 4.55. The molecule has 10 nitrogen and oxygen atoms in total. The van der Waals surface area contributed by atoms with E-state index in [0.29, 0.717) is 40.3 Å². The van der Waals surface area contributed by atoms with E-state index in [2.05, 4.69) is 41.5 Å². The molecular formula is C22H22ClN9O. The van der Waals surface area contributed by atoms with Gasteiger partial charge in [0.1, 0.15) is 0 Å². The van der Waals surface area contributed by atoms with Crippen LogP contribution in [0.5, 0.6) is 0 Å². The van der Waals surface area contributed by atoms with E-state index in [0.717, 1.165) is 44.3 Å². The number of anilines is 3. The maximum absolute atomic E-state index is 9.77. The Morgan fingerprint density at radius 1 is 1.27 bits per heavy atom. The molecule has 0 unspecified atom stereocenters. The fourth-order valence-corrected chi connectivity index (χ4v) is 4.13. The molecule has 0 amide bonds. The average Bonchev–Trinajstić information content (AvgIpc) is 3.53. The van der Waals surface area contributed by atoms with Crippen molar-refractivity contribution >= 4 is 40.5 Å². The molecule has 1 aromatic carbocycles. The summed E-state index contributed by atoms with van der Waals surface area (Å²) >= 11 is 6.74. The van der Waals surface area contributed by atoms with Gasteiger partial charge in [-0.1, -0.05) is 23.3 Å². The number of nitrogens with zero attached hydrogens (tertiary/aromatic N) is 7. The first-order valence-electron chi connectivity index (χ1n) is 10.8. The lowest BCUT2D eigenvalue weighted by molar-refractivity contribution is 0.0792. The van der Waals surface area contributed by atoms with Gasteiger partial charge in [-0.25, -0.2) is 4.98 Å². The first-order valence-corrected chi connectivity index (χ1v) is 11.2. The normalized spacial score (nSPS) is 17.0. The van der Waals surface area contributed by atoms with Crippen molar-refractivity contribution in [2.75, 3.05) is 23.7 Å². The molecule has 3 aromatic rings. The van der Waals surface area contributed by atoms with E-state index in [1.54, 1.807) is 12.1 Å². The summed E-state index contributed by atoms with van der Waals surface area (Å²) in [4.78, 5) is 14.6. The Balaban J connectivity index is 1.48. The molecule has 5 rings (SSSR count). The Labute approximate surface area is 195 Å². The molecule has 2 aliphatic rings. The predicted molar refractivity (Wildman–Crippen MR) is 124 cm³/mol. The van der Waals surface area contributed by atoms with Crippen molar-refractivity contribution in [1.82, 2.24) is 24.5 Å². The van der Waals surface area contributed by atoms with E-state index in [9.17, 15) is 10.4 Å². The summed E-state index contributed by atoms with van der Waals surface area (Å²) in [5.41, 5.74) is 2.29. The van der Waals surface area contributed by atoms with Crippen LogP contribution in [0.15, 0.2) is 18.3 Å². The van der Waals surface area contributed by atoms with Gasteiger partial charge in [-0.3, -0.25) is 4.90 Å². The van der Waals surface area contributed by atoms with Crippen LogP contribution in [-0.4, -0.2) is 54.8 Å². The second-order valence-corrected chi connectivity index (χ2v) is 8.79. The first kappa shape index (κ1) is 21.4. The van der Waals surface area contributed by atoms with Gasteiger partial charge in [0.2, 0.25) is 0 Å². The number of piperidine rings is 1. The van der Waals surface area contributed by atoms with E-state index < -0.39 is 0 Å². The number of aromatic nitrogens is 4. The van der Waals surface area contributed by atoms with Crippen molar-refractivity contribution in [3.05, 3.63) is 45.9 Å². The summed E-state index contributed by atoms with van der Waals surface area (Å²) in [6, 6.07) is 5.98. The lowest BCUT2D eigenvalue weighted by Gasteiger charge is -2.30. The molecule has 0 radical (unpaired) electrons. The third-order valence-corrected chi connectivity index (χ3v) is 6.30. The second-order valence-electron chi connectivity index (χ2n) is 8.41. The van der Waals surface area contributed by atoms with Crippen LogP contribution < -0.4 is 10.6 Å². The minimum atomic E-state index is -0.256. The number of aliphatic hydroxyl groups excluding tert-OH is 1. The molecule has 0 atom stereocenters. The second kappa shape index (κ2) is 8.83. The largest absolute Gasteiger partial charge is 0.393 e. The highest BCUT2D eigenvalue weighted by atomic mass is 35.5. The van der Waals surface area contributed by atoms with Gasteiger partial charge < -0.3 is 20.6 Å². The summed E-state index contributed by atoms with van der Waals surface area (Å²) in [5.74, 6) is 1.07. The number of rotatable bonds is 6. The highest BCUT2D eigenvalue weighted by molar-refractivity contribution is 6.34. The topological polar surface area (TPSA) is 119 Å². The zero-order valence-electron chi connectivity index (χ0n) is 17.8. The summed E-state index contributed by atoms with van der Waals surface area (Å²) in [6.07, 6.45) is 4.77. The number of likely N-dealkylation sites (tertiary alicyclic amines) is 1. The van der Waals surface area contributed by atoms with Crippen molar-refractivity contribution in [2.24, 2.45) is 0 Å². The first-order chi connectivity index (χ1) is 16.0. The number of aliphatic hydroxyl groups is 1. The summed E-state index contributed by atoms with van der Waals surface area (Å²) < 4.78 is 1.45. The lowest BCUT2D eigenvalue weighted by atomic mass is 10.1. The number of hydrogen-bond acceptors (Lipinski definition) is 8. The molecule has 3 heterocycles. The molecule has 3 N–H and O–H groups in total. The zero-order chi connectivity index (χ0) is 22.9. The molecule has 0 bridgehead atoms. The fraction of sp³-hybridized carbons (Fsp3) is 0.409. The van der Waals surface area contributed by atoms with Crippen LogP contribution in [0.2, 0.25) is 5.02 Å². The van der Waals surface area contributed by atoms with Gasteiger partial charge in [-0.15, -0.1) is 4.52 Å². The van der Waals surface area contributed by atoms with Crippen molar-refractivity contribution in [2.45, 2.75) is 44.4 Å². The van der Waals surface area contributed by atoms with Gasteiger partial charge in [0, 0.05) is 25.7 Å². The van der Waals surface area contributed by atoms with Crippen LogP contribution >= 0.6 is 11.6 Å². The van der Waals surface area contributed by atoms with E-state index in [1.165, 1.54) is 10.7 Å². The van der Waals surface area contributed by atoms with Crippen LogP contribution in [0.4, 0.5) is 23.3 Å². The smallest absolute Gasteiger partial charge is 0.275 e. The van der Waals surface area contributed by atoms with Crippen LogP contribution in [0.1, 0.15) is 36.8 Å². The predicted octanol–water partition coefficient (Wildman–Crippen LogP) is 3.47. The highest BCUT2D eigenvalue weighted by Gasteiger charge is 2.26. The van der Waals surface area contributed by atoms with Crippen molar-refractivity contribution in [3.8, 4) is 6.07 Å². The third-order valence-electron chi connectivity index (χ3n) is 5.85. The van der Waals surface area contributed by atoms with E-state index in [1.807, 2.05) is 0 Å². The molecule has 1 saturated carbocycles. The van der Waals surface area contributed by atoms with Gasteiger partial charge in [0.25, 0.3) is 17.4 Å². The Morgan fingerprint density at radius 2 is 2.06 bits per heavy atom. The van der Waals surface area contributed by atoms with Gasteiger partial charge in [0.05, 0.1) is 34.6 Å². The number of benzene rings is 1. The standard InChI is InChI=1S/C22H22ClN9O/c1-25-18-11-26-21-20(27-15-2-3-15)29-22(30-32(18)21)28-17-9-13(10-24)8-14(19(17)23)12-31-6-4-16(33)5-7-31/h8-9,11,15-16,33H,2-7,12H2,(H2,27,28,29,30). The number of nitrogens with one attached hydrogen (secondary N) is 2. The van der Waals surface area contributed by atoms with Gasteiger partial charge in [-0.05, 0) is 43.4 Å². The monoisotopic (exact) mass is 463 g/mol. The van der Waals surface area contributed by atoms with Gasteiger partial charge >= 0.3 is 0 Å². The molecule has 1 aliphatic heterocycles. The average molecular weight is 464 g/mol. The number of fused-ring (bicyclic) bond motifs is 1. The summed E-state index contributed by atoms with van der Waals surface area (Å²) in [7, 11) is 0. The summed E-state index contributed by atoms with van der Waals surface area (Å²) in [6.45, 7) is 9.51. The van der Waals surface area contributed by atoms with Crippen LogP contribution in [0.25, 0.3) is 10.5 Å². The summed E-state index contributed by atoms with van der Waals surface area (Å²) in [5, 5.41) is 30.7. The highest BCUT2D eigenvalue weighted by Crippen LogP contribution is 2.33. The Kier molecular flexibility index (Phi) is 5.73. The number of halogens is 1. The van der Waals surface area contributed by atoms with Crippen molar-refractivity contribution in [1.29, 1.82) is 5.26 Å². The lowest BCUT2D eigenvalue weighted by Crippen LogP contribution is -2.35. The van der Waals surface area contributed by atoms with Gasteiger partial charge in [-0.2, -0.15) is 10.2 Å². The fourth-order valence-electron chi connectivity index (χ4n) is 3.91. The Hall–Kier alpha value is -3.44. The Morgan fingerprint density at radius 3 is 2.76 bits per heavy atom. The molecule has 33 heavy (non-hydrogen) atoms. The molecule has 168 valence electrons. The molecule has 1 saturated heterocycles. The van der Waals surface area contributed by atoms with Crippen molar-refractivity contribution in [3.63, 3.8) is 0 Å². The number of nitriles is 1. The van der Waals surface area contributed by atoms with Crippen molar-refractivity contribution < 1.29 is 5.11 Å². The molecule has 2 fully saturated rings. The van der Waals surface area contributed by atoms with Crippen LogP contribution in [-0.2, 0) is 6.54 Å². The molecule has 1 aliphatic carbocycles. The molecular weight excluding hydrogens is 442 g/mol. The SMILES string of the molecule is [C-]#[N+]c1cnc2c(NC3CC3)nc(Nc3cc(C#N)cc(CN4CCC(O)CC4)c3Cl)nn12. The minimum absolute atomic E-state index is 0.248. The molecule has 0 spiro atoms. The van der Waals surface area contributed by atoms with E-state index >= 15 is 0 Å². The van der Waals surface area contributed by atoms with Gasteiger partial charge in [0.15, 0.2) is 5.82 Å². The van der Waals surface area contributed by atoms with E-state index in [4.69, 9.17) is 18.2 Å². The maximum Gasteiger partial charge on any atom is 0.275 e. The van der Waals surface area contributed by atoms with Crippen LogP contribution in [0.3, 0.4) is 0 Å². The zero-order valence-corrected chi connectivity index (χ0v) is 18.5. The number of imidazole rings is 1. The minimum Gasteiger partial charge on any atom is -0.393 e. The molecule has 11 heteroatoms. The van der Waals surface area contributed by atoms with Crippen LogP contribution in [0, 0.1) is 17.9 Å². The number of hydrogen-bond donors (Lipinski definition) is 3. The molecule has 2 aromatic heterocycles.